The molecule has 0 bridgehead atoms. The topological polar surface area (TPSA) is 124 Å². The van der Waals surface area contributed by atoms with Crippen LogP contribution < -0.4 is 19.1 Å². The van der Waals surface area contributed by atoms with Crippen LogP contribution in [0.5, 0.6) is 17.2 Å². The van der Waals surface area contributed by atoms with E-state index < -0.39 is 23.5 Å². The van der Waals surface area contributed by atoms with Gasteiger partial charge in [-0.3, -0.25) is 14.5 Å². The summed E-state index contributed by atoms with van der Waals surface area (Å²) >= 11 is 1.18. The second-order valence-corrected chi connectivity index (χ2v) is 10.3. The first-order valence-electron chi connectivity index (χ1n) is 12.9. The molecule has 1 unspecified atom stereocenters. The Balaban J connectivity index is 1.63. The molecule has 1 amide bonds. The van der Waals surface area contributed by atoms with E-state index in [-0.39, 0.29) is 16.5 Å². The first kappa shape index (κ1) is 27.2. The lowest BCUT2D eigenvalue weighted by Gasteiger charge is -2.24. The van der Waals surface area contributed by atoms with Gasteiger partial charge in [0.2, 0.25) is 10.9 Å². The molecule has 1 N–H and O–H groups in total. The molecule has 10 nitrogen and oxygen atoms in total. The van der Waals surface area contributed by atoms with Crippen molar-refractivity contribution in [1.29, 1.82) is 0 Å². The molecule has 11 heteroatoms. The molecule has 0 aliphatic carbocycles. The molecule has 0 fully saturated rings. The Morgan fingerprint density at radius 3 is 2.62 bits per heavy atom. The van der Waals surface area contributed by atoms with Crippen LogP contribution in [0.25, 0.3) is 11.0 Å². The largest absolute Gasteiger partial charge is 0.503 e. The molecule has 0 saturated heterocycles. The van der Waals surface area contributed by atoms with Gasteiger partial charge in [-0.15, -0.1) is 10.2 Å². The van der Waals surface area contributed by atoms with E-state index in [1.54, 1.807) is 49.4 Å². The molecule has 1 atom stereocenters. The maximum atomic E-state index is 14.0. The number of hydrogen-bond donors (Lipinski definition) is 1. The molecule has 2 aromatic heterocycles. The average Bonchev–Trinajstić information content (AvgIpc) is 3.65. The summed E-state index contributed by atoms with van der Waals surface area (Å²) in [6, 6.07) is 11.0. The fourth-order valence-corrected chi connectivity index (χ4v) is 5.30. The summed E-state index contributed by atoms with van der Waals surface area (Å²) in [5.74, 6) is -0.663. The molecular formula is C29H29N3O7S. The molecule has 0 saturated carbocycles. The molecule has 0 spiro atoms. The summed E-state index contributed by atoms with van der Waals surface area (Å²) in [6.07, 6.45) is 1.86. The third-order valence-corrected chi connectivity index (χ3v) is 7.30. The van der Waals surface area contributed by atoms with Crippen molar-refractivity contribution < 1.29 is 33.3 Å². The van der Waals surface area contributed by atoms with Crippen LogP contribution >= 0.6 is 11.3 Å². The van der Waals surface area contributed by atoms with Crippen molar-refractivity contribution in [3.05, 3.63) is 70.1 Å². The van der Waals surface area contributed by atoms with Gasteiger partial charge >= 0.3 is 0 Å². The monoisotopic (exact) mass is 563 g/mol. The number of methoxy groups -OCH3 is 1. The Morgan fingerprint density at radius 1 is 1.10 bits per heavy atom. The van der Waals surface area contributed by atoms with Crippen LogP contribution in [0.1, 0.15) is 53.9 Å². The number of carbonyl (C=O) groups is 2. The number of hydrogen-bond acceptors (Lipinski definition) is 10. The van der Waals surface area contributed by atoms with E-state index in [0.29, 0.717) is 52.0 Å². The number of ketones is 1. The molecule has 5 rings (SSSR count). The highest BCUT2D eigenvalue weighted by Gasteiger charge is 2.47. The number of benzene rings is 2. The lowest BCUT2D eigenvalue weighted by molar-refractivity contribution is -0.117. The molecule has 40 heavy (non-hydrogen) atoms. The molecule has 1 aliphatic heterocycles. The first-order chi connectivity index (χ1) is 19.4. The van der Waals surface area contributed by atoms with E-state index in [2.05, 4.69) is 17.1 Å². The molecule has 4 aromatic rings. The van der Waals surface area contributed by atoms with Crippen molar-refractivity contribution in [2.45, 2.75) is 39.7 Å². The van der Waals surface area contributed by atoms with Crippen molar-refractivity contribution in [3.8, 4) is 17.2 Å². The second-order valence-electron chi connectivity index (χ2n) is 9.10. The lowest BCUT2D eigenvalue weighted by atomic mass is 9.95. The number of furan rings is 1. The number of rotatable bonds is 11. The maximum Gasteiger partial charge on any atom is 0.296 e. The number of para-hydroxylation sites is 1. The number of unbranched alkanes of at least 4 members (excludes halogenated alkanes) is 1. The third kappa shape index (κ3) is 4.88. The van der Waals surface area contributed by atoms with Gasteiger partial charge in [0, 0.05) is 5.39 Å². The van der Waals surface area contributed by atoms with E-state index in [1.807, 2.05) is 6.92 Å². The van der Waals surface area contributed by atoms with Crippen molar-refractivity contribution in [2.24, 2.45) is 0 Å². The SMILES string of the molecule is CCCCOc1ccc(C2C(C(=O)c3cc4cccc(OC)c4o3)=C(O)C(=O)N2c2nnc(C)s2)cc1OCC. The number of amides is 1. The van der Waals surface area contributed by atoms with Crippen LogP contribution in [0.3, 0.4) is 0 Å². The van der Waals surface area contributed by atoms with Gasteiger partial charge in [0.05, 0.1) is 31.9 Å². The van der Waals surface area contributed by atoms with Crippen LogP contribution in [0.4, 0.5) is 5.13 Å². The quantitative estimate of drug-likeness (QED) is 0.174. The average molecular weight is 564 g/mol. The van der Waals surface area contributed by atoms with E-state index in [9.17, 15) is 14.7 Å². The van der Waals surface area contributed by atoms with Gasteiger partial charge in [-0.2, -0.15) is 0 Å². The molecular weight excluding hydrogens is 534 g/mol. The summed E-state index contributed by atoms with van der Waals surface area (Å²) in [6.45, 7) is 6.59. The number of aromatic nitrogens is 2. The highest BCUT2D eigenvalue weighted by Crippen LogP contribution is 2.45. The van der Waals surface area contributed by atoms with Gasteiger partial charge < -0.3 is 23.7 Å². The van der Waals surface area contributed by atoms with E-state index in [1.165, 1.54) is 23.3 Å². The Bertz CT molecular complexity index is 1610. The molecule has 208 valence electrons. The minimum Gasteiger partial charge on any atom is -0.503 e. The second kappa shape index (κ2) is 11.4. The lowest BCUT2D eigenvalue weighted by Crippen LogP contribution is -2.31. The summed E-state index contributed by atoms with van der Waals surface area (Å²) < 4.78 is 23.0. The Morgan fingerprint density at radius 2 is 1.93 bits per heavy atom. The minimum absolute atomic E-state index is 0.0429. The predicted molar refractivity (Wildman–Crippen MR) is 150 cm³/mol. The molecule has 1 aliphatic rings. The summed E-state index contributed by atoms with van der Waals surface area (Å²) in [5.41, 5.74) is 0.768. The van der Waals surface area contributed by atoms with Crippen molar-refractivity contribution in [1.82, 2.24) is 10.2 Å². The summed E-state index contributed by atoms with van der Waals surface area (Å²) in [7, 11) is 1.51. The van der Waals surface area contributed by atoms with E-state index in [0.717, 1.165) is 12.8 Å². The Hall–Kier alpha value is -4.38. The Kier molecular flexibility index (Phi) is 7.74. The summed E-state index contributed by atoms with van der Waals surface area (Å²) in [5, 5.41) is 20.8. The number of carbonyl (C=O) groups excluding carboxylic acids is 2. The normalized spacial score (nSPS) is 15.2. The smallest absolute Gasteiger partial charge is 0.296 e. The fraction of sp³-hybridized carbons (Fsp3) is 0.310. The maximum absolute atomic E-state index is 14.0. The van der Waals surface area contributed by atoms with Crippen molar-refractivity contribution in [3.63, 3.8) is 0 Å². The standard InChI is InChI=1S/C29H29N3O7S/c1-5-7-13-38-19-12-11-17(14-21(19)37-6-2)24-23(26(34)28(35)32(24)29-31-30-16(3)40-29)25(33)22-15-18-9-8-10-20(36-4)27(18)39-22/h8-12,14-15,24,34H,5-7,13H2,1-4H3. The van der Waals surface area contributed by atoms with Gasteiger partial charge in [-0.05, 0) is 50.1 Å². The van der Waals surface area contributed by atoms with Crippen LogP contribution in [0.2, 0.25) is 0 Å². The van der Waals surface area contributed by atoms with Crippen LogP contribution in [0.15, 0.2) is 58.2 Å². The number of aliphatic hydroxyl groups excluding tert-OH is 1. The first-order valence-corrected chi connectivity index (χ1v) is 13.8. The number of anilines is 1. The summed E-state index contributed by atoms with van der Waals surface area (Å²) in [4.78, 5) is 28.7. The fourth-order valence-electron chi connectivity index (χ4n) is 4.58. The number of fused-ring (bicyclic) bond motifs is 1. The predicted octanol–water partition coefficient (Wildman–Crippen LogP) is 5.96. The third-order valence-electron chi connectivity index (χ3n) is 6.46. The number of aliphatic hydroxyl groups is 1. The number of Topliss-reactive ketones (excluding diaryl/α,β-unsaturated/α-hetero) is 1. The molecule has 3 heterocycles. The zero-order chi connectivity index (χ0) is 28.4. The minimum atomic E-state index is -1.02. The number of aryl methyl sites for hydroxylation is 1. The highest BCUT2D eigenvalue weighted by molar-refractivity contribution is 7.15. The van der Waals surface area contributed by atoms with Gasteiger partial charge in [-0.1, -0.05) is 42.9 Å². The van der Waals surface area contributed by atoms with E-state index in [4.69, 9.17) is 18.6 Å². The van der Waals surface area contributed by atoms with Crippen LogP contribution in [0, 0.1) is 6.92 Å². The van der Waals surface area contributed by atoms with Crippen LogP contribution in [-0.4, -0.2) is 47.3 Å². The molecule has 0 radical (unpaired) electrons. The Labute approximate surface area is 234 Å². The van der Waals surface area contributed by atoms with Gasteiger partial charge in [0.25, 0.3) is 5.91 Å². The zero-order valence-electron chi connectivity index (χ0n) is 22.6. The van der Waals surface area contributed by atoms with Crippen LogP contribution in [-0.2, 0) is 4.79 Å². The van der Waals surface area contributed by atoms with Gasteiger partial charge in [-0.25, -0.2) is 0 Å². The number of ether oxygens (including phenoxy) is 3. The van der Waals surface area contributed by atoms with Gasteiger partial charge in [0.15, 0.2) is 34.4 Å². The number of nitrogens with zero attached hydrogens (tertiary/aromatic N) is 3. The van der Waals surface area contributed by atoms with Crippen molar-refractivity contribution >= 4 is 39.1 Å². The van der Waals surface area contributed by atoms with Crippen molar-refractivity contribution in [2.75, 3.05) is 25.2 Å². The zero-order valence-corrected chi connectivity index (χ0v) is 23.4. The highest BCUT2D eigenvalue weighted by atomic mass is 32.1. The molecule has 2 aromatic carbocycles. The van der Waals surface area contributed by atoms with E-state index >= 15 is 0 Å². The van der Waals surface area contributed by atoms with Gasteiger partial charge in [0.1, 0.15) is 5.01 Å².